The maximum Gasteiger partial charge on any atom is 0.160 e. The average molecular weight is 339 g/mol. The lowest BCUT2D eigenvalue weighted by molar-refractivity contribution is -0.222. The minimum absolute atomic E-state index is 0.0700. The van der Waals surface area contributed by atoms with Crippen molar-refractivity contribution in [2.24, 2.45) is 11.8 Å². The number of ether oxygens (including phenoxy) is 2. The third kappa shape index (κ3) is 4.14. The molecule has 0 amide bonds. The molecule has 0 radical (unpaired) electrons. The maximum atomic E-state index is 13.6. The van der Waals surface area contributed by atoms with E-state index in [-0.39, 0.29) is 17.1 Å². The highest BCUT2D eigenvalue weighted by atomic mass is 35.5. The van der Waals surface area contributed by atoms with Crippen LogP contribution in [-0.2, 0) is 9.47 Å². The van der Waals surface area contributed by atoms with Crippen LogP contribution in [0.5, 0.6) is 0 Å². The second-order valence-corrected chi connectivity index (χ2v) is 7.01. The summed E-state index contributed by atoms with van der Waals surface area (Å²) in [7, 11) is 0. The predicted octanol–water partition coefficient (Wildman–Crippen LogP) is 5.32. The molecule has 2 fully saturated rings. The van der Waals surface area contributed by atoms with E-state index < -0.39 is 0 Å². The van der Waals surface area contributed by atoms with Crippen LogP contribution >= 0.6 is 11.6 Å². The zero-order chi connectivity index (χ0) is 16.2. The zero-order valence-electron chi connectivity index (χ0n) is 13.5. The zero-order valence-corrected chi connectivity index (χ0v) is 14.3. The van der Waals surface area contributed by atoms with Crippen molar-refractivity contribution in [1.29, 1.82) is 0 Å². The quantitative estimate of drug-likeness (QED) is 0.694. The van der Waals surface area contributed by atoms with Crippen LogP contribution in [-0.4, -0.2) is 19.5 Å². The fraction of sp³-hybridized carbons (Fsp3) is 0.579. The van der Waals surface area contributed by atoms with Crippen molar-refractivity contribution in [1.82, 2.24) is 0 Å². The van der Waals surface area contributed by atoms with E-state index >= 15 is 0 Å². The van der Waals surface area contributed by atoms with Gasteiger partial charge >= 0.3 is 0 Å². The van der Waals surface area contributed by atoms with E-state index in [1.54, 1.807) is 12.1 Å². The summed E-state index contributed by atoms with van der Waals surface area (Å²) >= 11 is 5.77. The highest BCUT2D eigenvalue weighted by Gasteiger charge is 2.32. The van der Waals surface area contributed by atoms with Gasteiger partial charge in [0.1, 0.15) is 5.82 Å². The summed E-state index contributed by atoms with van der Waals surface area (Å²) < 4.78 is 25.4. The van der Waals surface area contributed by atoms with Crippen molar-refractivity contribution in [3.05, 3.63) is 46.8 Å². The van der Waals surface area contributed by atoms with E-state index in [4.69, 9.17) is 21.1 Å². The number of rotatable bonds is 3. The summed E-state index contributed by atoms with van der Waals surface area (Å²) in [6.07, 6.45) is 8.35. The number of hydrogen-bond acceptors (Lipinski definition) is 2. The Labute approximate surface area is 142 Å². The minimum Gasteiger partial charge on any atom is -0.352 e. The highest BCUT2D eigenvalue weighted by molar-refractivity contribution is 6.30. The largest absolute Gasteiger partial charge is 0.352 e. The fourth-order valence-electron chi connectivity index (χ4n) is 3.68. The van der Waals surface area contributed by atoms with Gasteiger partial charge in [-0.05, 0) is 56.2 Å². The van der Waals surface area contributed by atoms with Gasteiger partial charge in [0, 0.05) is 11.8 Å². The van der Waals surface area contributed by atoms with Gasteiger partial charge in [0.2, 0.25) is 0 Å². The average Bonchev–Trinajstić information content (AvgIpc) is 2.59. The Hall–Kier alpha value is -0.900. The number of benzene rings is 1. The number of hydrogen-bond donors (Lipinski definition) is 0. The van der Waals surface area contributed by atoms with Crippen molar-refractivity contribution in [2.45, 2.75) is 44.8 Å². The summed E-state index contributed by atoms with van der Waals surface area (Å²) in [5.41, 5.74) is 1.06. The monoisotopic (exact) mass is 338 g/mol. The summed E-state index contributed by atoms with van der Waals surface area (Å²) in [5.74, 6) is 0.928. The molecule has 4 heteroatoms. The molecule has 1 saturated carbocycles. The Kier molecular flexibility index (Phi) is 5.73. The van der Waals surface area contributed by atoms with Crippen LogP contribution in [0.2, 0.25) is 5.02 Å². The van der Waals surface area contributed by atoms with Gasteiger partial charge in [0.25, 0.3) is 0 Å². The van der Waals surface area contributed by atoms with E-state index in [0.29, 0.717) is 17.8 Å². The summed E-state index contributed by atoms with van der Waals surface area (Å²) in [6, 6.07) is 5.20. The van der Waals surface area contributed by atoms with Crippen molar-refractivity contribution >= 4 is 11.6 Å². The van der Waals surface area contributed by atoms with E-state index in [0.717, 1.165) is 44.5 Å². The second-order valence-electron chi connectivity index (χ2n) is 6.61. The summed E-state index contributed by atoms with van der Waals surface area (Å²) in [5, 5.41) is 0.196. The van der Waals surface area contributed by atoms with E-state index in [1.165, 1.54) is 0 Å². The predicted molar refractivity (Wildman–Crippen MR) is 90.1 cm³/mol. The van der Waals surface area contributed by atoms with E-state index in [9.17, 15) is 4.39 Å². The molecule has 0 unspecified atom stereocenters. The smallest absolute Gasteiger partial charge is 0.160 e. The SMILES string of the molecule is C/C=C/[C@H]1CO[C@H]([C@H]2CC[C@H](c3ccc(Cl)c(F)c3)CC2)OC1. The standard InChI is InChI=1S/C19H24ClFO2/c1-2-3-13-11-22-19(23-12-13)15-6-4-14(5-7-15)16-8-9-17(20)18(21)10-16/h2-3,8-10,13-15,19H,4-7,11-12H2,1H3/b3-2+/t13-,14-,15-,19-. The molecule has 1 saturated heterocycles. The number of allylic oxidation sites excluding steroid dienone is 1. The Morgan fingerprint density at radius 3 is 2.43 bits per heavy atom. The van der Waals surface area contributed by atoms with Gasteiger partial charge in [-0.25, -0.2) is 4.39 Å². The van der Waals surface area contributed by atoms with Crippen molar-refractivity contribution < 1.29 is 13.9 Å². The van der Waals surface area contributed by atoms with Crippen molar-refractivity contribution in [3.8, 4) is 0 Å². The van der Waals surface area contributed by atoms with Crippen molar-refractivity contribution in [2.75, 3.05) is 13.2 Å². The molecule has 1 aromatic rings. The Morgan fingerprint density at radius 2 is 1.83 bits per heavy atom. The normalized spacial score (nSPS) is 32.3. The molecule has 1 aliphatic carbocycles. The lowest BCUT2D eigenvalue weighted by Gasteiger charge is -2.37. The van der Waals surface area contributed by atoms with Crippen LogP contribution in [0.3, 0.4) is 0 Å². The molecule has 1 aliphatic heterocycles. The van der Waals surface area contributed by atoms with Gasteiger partial charge in [-0.15, -0.1) is 0 Å². The molecule has 2 nitrogen and oxygen atoms in total. The fourth-order valence-corrected chi connectivity index (χ4v) is 3.80. The van der Waals surface area contributed by atoms with Crippen LogP contribution in [0.15, 0.2) is 30.4 Å². The molecule has 0 N–H and O–H groups in total. The van der Waals surface area contributed by atoms with Crippen LogP contribution in [0.1, 0.15) is 44.1 Å². The second kappa shape index (κ2) is 7.78. The molecule has 0 bridgehead atoms. The third-order valence-electron chi connectivity index (χ3n) is 4.99. The molecule has 126 valence electrons. The molecule has 1 heterocycles. The Balaban J connectivity index is 1.51. The molecule has 3 rings (SSSR count). The topological polar surface area (TPSA) is 18.5 Å². The molecule has 1 aromatic carbocycles. The molecule has 0 spiro atoms. The first-order valence-electron chi connectivity index (χ1n) is 8.48. The molecule has 0 atom stereocenters. The Bertz CT molecular complexity index is 544. The van der Waals surface area contributed by atoms with Gasteiger partial charge in [-0.3, -0.25) is 0 Å². The molecular weight excluding hydrogens is 315 g/mol. The van der Waals surface area contributed by atoms with Gasteiger partial charge in [0.05, 0.1) is 18.2 Å². The van der Waals surface area contributed by atoms with Crippen LogP contribution in [0.4, 0.5) is 4.39 Å². The van der Waals surface area contributed by atoms with E-state index in [1.807, 2.05) is 19.1 Å². The van der Waals surface area contributed by atoms with Gasteiger partial charge in [0.15, 0.2) is 6.29 Å². The highest BCUT2D eigenvalue weighted by Crippen LogP contribution is 2.39. The Morgan fingerprint density at radius 1 is 1.13 bits per heavy atom. The molecule has 2 aliphatic rings. The maximum absolute atomic E-state index is 13.6. The first-order valence-corrected chi connectivity index (χ1v) is 8.86. The summed E-state index contributed by atoms with van der Waals surface area (Å²) in [6.45, 7) is 3.52. The minimum atomic E-state index is -0.319. The van der Waals surface area contributed by atoms with Gasteiger partial charge in [-0.1, -0.05) is 29.8 Å². The van der Waals surface area contributed by atoms with Crippen LogP contribution in [0, 0.1) is 17.7 Å². The summed E-state index contributed by atoms with van der Waals surface area (Å²) in [4.78, 5) is 0. The van der Waals surface area contributed by atoms with Crippen molar-refractivity contribution in [3.63, 3.8) is 0 Å². The first-order chi connectivity index (χ1) is 11.2. The van der Waals surface area contributed by atoms with Crippen LogP contribution in [0.25, 0.3) is 0 Å². The first kappa shape index (κ1) is 16.9. The molecule has 23 heavy (non-hydrogen) atoms. The lowest BCUT2D eigenvalue weighted by atomic mass is 9.78. The lowest BCUT2D eigenvalue weighted by Crippen LogP contribution is -2.37. The van der Waals surface area contributed by atoms with Gasteiger partial charge < -0.3 is 9.47 Å². The molecular formula is C19H24ClFO2. The van der Waals surface area contributed by atoms with E-state index in [2.05, 4.69) is 6.08 Å². The number of halogens is 2. The van der Waals surface area contributed by atoms with Gasteiger partial charge in [-0.2, -0.15) is 0 Å². The van der Waals surface area contributed by atoms with Crippen LogP contribution < -0.4 is 0 Å². The third-order valence-corrected chi connectivity index (χ3v) is 5.29. The molecule has 0 aromatic heterocycles.